The van der Waals surface area contributed by atoms with Gasteiger partial charge in [-0.1, -0.05) is 30.3 Å². The quantitative estimate of drug-likeness (QED) is 0.600. The van der Waals surface area contributed by atoms with E-state index in [0.29, 0.717) is 6.42 Å². The Morgan fingerprint density at radius 2 is 1.91 bits per heavy atom. The monoisotopic (exact) mass is 153 g/mol. The maximum atomic E-state index is 10.2. The maximum Gasteiger partial charge on any atom is 0.111 e. The van der Waals surface area contributed by atoms with Gasteiger partial charge in [0.25, 0.3) is 0 Å². The van der Waals surface area contributed by atoms with Crippen molar-refractivity contribution >= 4 is 0 Å². The van der Waals surface area contributed by atoms with Crippen molar-refractivity contribution in [1.82, 2.24) is 0 Å². The van der Waals surface area contributed by atoms with Crippen LogP contribution in [0.5, 0.6) is 0 Å². The third-order valence-corrected chi connectivity index (χ3v) is 1.47. The Morgan fingerprint density at radius 3 is 2.45 bits per heavy atom. The van der Waals surface area contributed by atoms with Gasteiger partial charge in [0.2, 0.25) is 0 Å². The van der Waals surface area contributed by atoms with E-state index in [1.165, 1.54) is 0 Å². The first-order valence-corrected chi connectivity index (χ1v) is 3.55. The van der Waals surface area contributed by atoms with Gasteiger partial charge in [-0.25, -0.2) is 10.4 Å². The molecule has 0 aliphatic carbocycles. The highest BCUT2D eigenvalue weighted by molar-refractivity contribution is 5.14. The van der Waals surface area contributed by atoms with E-state index in [1.54, 1.807) is 0 Å². The Hall–Kier alpha value is -0.900. The molecule has 0 aromatic heterocycles. The average molecular weight is 153 g/mol. The number of nitrogens with one attached hydrogen (secondary N) is 1. The third-order valence-electron chi connectivity index (χ3n) is 1.47. The van der Waals surface area contributed by atoms with Gasteiger partial charge in [-0.3, -0.25) is 0 Å². The molecule has 60 valence electrons. The van der Waals surface area contributed by atoms with Gasteiger partial charge < -0.3 is 5.21 Å². The molecule has 3 nitrogen and oxygen atoms in total. The molecule has 0 amide bonds. The van der Waals surface area contributed by atoms with E-state index in [-0.39, 0.29) is 6.54 Å². The second-order valence-electron chi connectivity index (χ2n) is 2.38. The molecule has 0 fully saturated rings. The fraction of sp³-hybridized carbons (Fsp3) is 0.250. The number of hydrogen-bond acceptors (Lipinski definition) is 2. The molecule has 3 heteroatoms. The van der Waals surface area contributed by atoms with Crippen molar-refractivity contribution in [1.29, 1.82) is 0 Å². The number of quaternary nitrogens is 1. The molecule has 1 rings (SSSR count). The standard InChI is InChI=1S/C8H11NO2/c10-9(11)7-6-8-4-2-1-3-5-8/h1-5,9-10H,6-7H2. The predicted molar refractivity (Wildman–Crippen MR) is 41.1 cm³/mol. The van der Waals surface area contributed by atoms with Gasteiger partial charge in [0.1, 0.15) is 6.54 Å². The summed E-state index contributed by atoms with van der Waals surface area (Å²) in [5.41, 5.74) is 1.08. The zero-order chi connectivity index (χ0) is 8.10. The van der Waals surface area contributed by atoms with E-state index < -0.39 is 5.23 Å². The molecular formula is C8H11NO2. The van der Waals surface area contributed by atoms with Crippen LogP contribution in [0, 0.1) is 5.21 Å². The fourth-order valence-electron chi connectivity index (χ4n) is 0.896. The van der Waals surface area contributed by atoms with Crippen LogP contribution in [0.25, 0.3) is 0 Å². The van der Waals surface area contributed by atoms with Crippen LogP contribution in [0.2, 0.25) is 0 Å². The van der Waals surface area contributed by atoms with Crippen molar-refractivity contribution in [2.45, 2.75) is 6.42 Å². The van der Waals surface area contributed by atoms with Crippen molar-refractivity contribution in [3.05, 3.63) is 41.1 Å². The molecule has 0 aliphatic rings. The van der Waals surface area contributed by atoms with Crippen LogP contribution in [0.15, 0.2) is 30.3 Å². The molecule has 2 N–H and O–H groups in total. The van der Waals surface area contributed by atoms with E-state index in [2.05, 4.69) is 0 Å². The first-order valence-electron chi connectivity index (χ1n) is 3.55. The number of hydroxylamine groups is 2. The molecule has 0 saturated carbocycles. The van der Waals surface area contributed by atoms with Crippen molar-refractivity contribution < 1.29 is 10.4 Å². The lowest BCUT2D eigenvalue weighted by molar-refractivity contribution is -1.05. The summed E-state index contributed by atoms with van der Waals surface area (Å²) in [6, 6.07) is 9.62. The molecule has 1 atom stereocenters. The van der Waals surface area contributed by atoms with Crippen molar-refractivity contribution in [2.75, 3.05) is 6.54 Å². The maximum absolute atomic E-state index is 10.2. The van der Waals surface area contributed by atoms with Crippen LogP contribution in [0.4, 0.5) is 0 Å². The Morgan fingerprint density at radius 1 is 1.27 bits per heavy atom. The summed E-state index contributed by atoms with van der Waals surface area (Å²) < 4.78 is 0. The predicted octanol–water partition coefficient (Wildman–Crippen LogP) is 0.001000. The van der Waals surface area contributed by atoms with Crippen LogP contribution >= 0.6 is 0 Å². The molecular weight excluding hydrogens is 142 g/mol. The molecule has 0 aliphatic heterocycles. The van der Waals surface area contributed by atoms with Crippen LogP contribution in [-0.2, 0) is 6.42 Å². The van der Waals surface area contributed by atoms with Gasteiger partial charge in [-0.15, -0.1) is 0 Å². The summed E-state index contributed by atoms with van der Waals surface area (Å²) in [7, 11) is 0. The van der Waals surface area contributed by atoms with Crippen LogP contribution in [0.1, 0.15) is 5.56 Å². The molecule has 1 unspecified atom stereocenters. The normalized spacial score (nSPS) is 12.9. The highest BCUT2D eigenvalue weighted by Gasteiger charge is 1.93. The number of hydrogen-bond donors (Lipinski definition) is 2. The topological polar surface area (TPSA) is 47.7 Å². The van der Waals surface area contributed by atoms with E-state index in [1.807, 2.05) is 30.3 Å². The van der Waals surface area contributed by atoms with Gasteiger partial charge in [0, 0.05) is 6.42 Å². The second-order valence-corrected chi connectivity index (χ2v) is 2.38. The molecule has 0 spiro atoms. The smallest absolute Gasteiger partial charge is 0.111 e. The SMILES string of the molecule is [O-][NH+](O)CCc1ccccc1. The molecule has 1 aromatic carbocycles. The molecule has 1 aromatic rings. The van der Waals surface area contributed by atoms with E-state index in [4.69, 9.17) is 5.21 Å². The number of benzene rings is 1. The summed E-state index contributed by atoms with van der Waals surface area (Å²) in [5.74, 6) is 0. The Balaban J connectivity index is 2.39. The van der Waals surface area contributed by atoms with Gasteiger partial charge in [0.05, 0.1) is 0 Å². The zero-order valence-electron chi connectivity index (χ0n) is 6.16. The summed E-state index contributed by atoms with van der Waals surface area (Å²) in [6.07, 6.45) is 0.621. The third kappa shape index (κ3) is 3.13. The minimum Gasteiger partial charge on any atom is -0.600 e. The largest absolute Gasteiger partial charge is 0.600 e. The lowest BCUT2D eigenvalue weighted by Crippen LogP contribution is -3.04. The molecule has 0 saturated heterocycles. The Kier molecular flexibility index (Phi) is 3.04. The first-order chi connectivity index (χ1) is 5.29. The first kappa shape index (κ1) is 8.20. The lowest BCUT2D eigenvalue weighted by Gasteiger charge is -2.11. The highest BCUT2D eigenvalue weighted by atomic mass is 16.8. The van der Waals surface area contributed by atoms with Crippen molar-refractivity contribution in [3.63, 3.8) is 0 Å². The van der Waals surface area contributed by atoms with Gasteiger partial charge in [0.15, 0.2) is 0 Å². The van der Waals surface area contributed by atoms with E-state index >= 15 is 0 Å². The van der Waals surface area contributed by atoms with Gasteiger partial charge >= 0.3 is 0 Å². The summed E-state index contributed by atoms with van der Waals surface area (Å²) in [4.78, 5) is 0. The minimum absolute atomic E-state index is 0.212. The Bertz CT molecular complexity index is 199. The minimum atomic E-state index is -0.742. The Labute approximate surface area is 65.4 Å². The summed E-state index contributed by atoms with van der Waals surface area (Å²) in [6.45, 7) is 0.212. The van der Waals surface area contributed by atoms with Gasteiger partial charge in [-0.2, -0.15) is 0 Å². The number of rotatable bonds is 3. The van der Waals surface area contributed by atoms with E-state index in [0.717, 1.165) is 5.56 Å². The molecule has 11 heavy (non-hydrogen) atoms. The molecule has 0 bridgehead atoms. The fourth-order valence-corrected chi connectivity index (χ4v) is 0.896. The highest BCUT2D eigenvalue weighted by Crippen LogP contribution is 1.96. The summed E-state index contributed by atoms with van der Waals surface area (Å²) >= 11 is 0. The van der Waals surface area contributed by atoms with Crippen molar-refractivity contribution in [3.8, 4) is 0 Å². The van der Waals surface area contributed by atoms with Crippen LogP contribution in [0.3, 0.4) is 0 Å². The molecule has 0 radical (unpaired) electrons. The molecule has 0 heterocycles. The average Bonchev–Trinajstić information content (AvgIpc) is 2.03. The van der Waals surface area contributed by atoms with E-state index in [9.17, 15) is 5.21 Å². The lowest BCUT2D eigenvalue weighted by atomic mass is 10.2. The van der Waals surface area contributed by atoms with Gasteiger partial charge in [-0.05, 0) is 5.56 Å². The second kappa shape index (κ2) is 4.08. The van der Waals surface area contributed by atoms with Crippen LogP contribution < -0.4 is 5.23 Å². The zero-order valence-corrected chi connectivity index (χ0v) is 6.16. The van der Waals surface area contributed by atoms with Crippen molar-refractivity contribution in [2.24, 2.45) is 0 Å². The summed E-state index contributed by atoms with van der Waals surface area (Å²) in [5, 5.41) is 17.8. The van der Waals surface area contributed by atoms with Crippen LogP contribution in [-0.4, -0.2) is 11.8 Å².